The molecule has 2 rings (SSSR count). The number of sulfonamides is 1. The molecule has 0 amide bonds. The van der Waals surface area contributed by atoms with Crippen molar-refractivity contribution in [3.63, 3.8) is 0 Å². The molecule has 0 aliphatic carbocycles. The molecular formula is C23H31NO3S2. The van der Waals surface area contributed by atoms with E-state index >= 15 is 0 Å². The van der Waals surface area contributed by atoms with Crippen LogP contribution in [0.25, 0.3) is 0 Å². The second-order valence-corrected chi connectivity index (χ2v) is 11.1. The van der Waals surface area contributed by atoms with E-state index in [2.05, 4.69) is 10.7 Å². The normalized spacial score (nSPS) is 14.0. The van der Waals surface area contributed by atoms with Crippen LogP contribution in [0.3, 0.4) is 0 Å². The van der Waals surface area contributed by atoms with Crippen LogP contribution in [0.1, 0.15) is 57.4 Å². The smallest absolute Gasteiger partial charge is 0.239 e. The van der Waals surface area contributed by atoms with E-state index in [1.807, 2.05) is 13.0 Å². The first-order valence-corrected chi connectivity index (χ1v) is 13.2. The van der Waals surface area contributed by atoms with Gasteiger partial charge < -0.3 is 0 Å². The molecule has 158 valence electrons. The summed E-state index contributed by atoms with van der Waals surface area (Å²) in [5.74, 6) is 0. The van der Waals surface area contributed by atoms with Crippen LogP contribution >= 0.6 is 0 Å². The summed E-state index contributed by atoms with van der Waals surface area (Å²) in [4.78, 5) is 0.450. The summed E-state index contributed by atoms with van der Waals surface area (Å²) in [5.41, 5.74) is 0.951. The van der Waals surface area contributed by atoms with Gasteiger partial charge in [-0.2, -0.15) is 8.42 Å². The first-order chi connectivity index (χ1) is 13.9. The maximum absolute atomic E-state index is 13.6. The van der Waals surface area contributed by atoms with Gasteiger partial charge in [-0.25, -0.2) is 4.21 Å². The molecule has 0 aromatic heterocycles. The van der Waals surface area contributed by atoms with Crippen LogP contribution < -0.4 is 0 Å². The van der Waals surface area contributed by atoms with Crippen LogP contribution in [0.15, 0.2) is 79.6 Å². The van der Waals surface area contributed by atoms with Gasteiger partial charge in [-0.05, 0) is 44.0 Å². The van der Waals surface area contributed by atoms with Gasteiger partial charge in [0.15, 0.2) is 0 Å². The van der Waals surface area contributed by atoms with Crippen molar-refractivity contribution >= 4 is 19.8 Å². The average molecular weight is 434 g/mol. The fraction of sp³-hybridized carbons (Fsp3) is 0.391. The maximum atomic E-state index is 13.6. The van der Waals surface area contributed by atoms with Crippen LogP contribution in [0.2, 0.25) is 0 Å². The molecule has 0 heterocycles. The van der Waals surface area contributed by atoms with Crippen molar-refractivity contribution in [1.82, 2.24) is 0 Å². The van der Waals surface area contributed by atoms with Gasteiger partial charge in [0.25, 0.3) is 10.0 Å². The van der Waals surface area contributed by atoms with Crippen LogP contribution in [-0.2, 0) is 19.8 Å². The van der Waals surface area contributed by atoms with Crippen molar-refractivity contribution in [2.24, 2.45) is 3.77 Å². The Morgan fingerprint density at radius 3 is 2.07 bits per heavy atom. The Balaban J connectivity index is 2.25. The highest BCUT2D eigenvalue weighted by atomic mass is 32.3. The zero-order valence-electron chi connectivity index (χ0n) is 17.3. The molecule has 0 spiro atoms. The van der Waals surface area contributed by atoms with Crippen LogP contribution in [0, 0.1) is 6.92 Å². The largest absolute Gasteiger partial charge is 0.290 e. The number of aryl methyl sites for hydroxylation is 1. The number of rotatable bonds is 11. The minimum Gasteiger partial charge on any atom is -0.239 e. The molecule has 0 saturated heterocycles. The van der Waals surface area contributed by atoms with E-state index in [-0.39, 0.29) is 4.90 Å². The van der Waals surface area contributed by atoms with Crippen molar-refractivity contribution in [3.8, 4) is 0 Å². The highest BCUT2D eigenvalue weighted by Crippen LogP contribution is 2.22. The average Bonchev–Trinajstić information content (AvgIpc) is 2.70. The summed E-state index contributed by atoms with van der Waals surface area (Å²) in [7, 11) is -7.27. The Bertz CT molecular complexity index is 1000. The molecule has 0 aliphatic rings. The predicted octanol–water partition coefficient (Wildman–Crippen LogP) is 6.48. The first kappa shape index (κ1) is 23.4. The number of hydrogen-bond acceptors (Lipinski definition) is 3. The lowest BCUT2D eigenvalue weighted by Gasteiger charge is -2.07. The summed E-state index contributed by atoms with van der Waals surface area (Å²) in [6.45, 7) is 4.07. The summed E-state index contributed by atoms with van der Waals surface area (Å²) in [6, 6.07) is 15.0. The van der Waals surface area contributed by atoms with Gasteiger partial charge in [0.2, 0.25) is 0 Å². The molecule has 0 radical (unpaired) electrons. The van der Waals surface area contributed by atoms with E-state index in [0.717, 1.165) is 24.8 Å². The Morgan fingerprint density at radius 1 is 0.793 bits per heavy atom. The van der Waals surface area contributed by atoms with E-state index in [4.69, 9.17) is 0 Å². The summed E-state index contributed by atoms with van der Waals surface area (Å²) in [6.07, 6.45) is 9.60. The molecule has 0 aliphatic heterocycles. The highest BCUT2D eigenvalue weighted by molar-refractivity contribution is 8.05. The molecule has 0 unspecified atom stereocenters. The quantitative estimate of drug-likeness (QED) is 0.381. The van der Waals surface area contributed by atoms with Crippen LogP contribution in [0.4, 0.5) is 0 Å². The van der Waals surface area contributed by atoms with Gasteiger partial charge in [-0.15, -0.1) is 0 Å². The van der Waals surface area contributed by atoms with Crippen LogP contribution in [-0.4, -0.2) is 12.6 Å². The summed E-state index contributed by atoms with van der Waals surface area (Å²) in [5, 5.41) is 1.47. The molecule has 0 saturated carbocycles. The number of unbranched alkanes of at least 4 members (excludes halogenated alkanes) is 6. The summed E-state index contributed by atoms with van der Waals surface area (Å²) < 4.78 is 43.0. The van der Waals surface area contributed by atoms with Gasteiger partial charge in [0, 0.05) is 5.41 Å². The van der Waals surface area contributed by atoms with Gasteiger partial charge in [-0.1, -0.05) is 84.8 Å². The van der Waals surface area contributed by atoms with Crippen molar-refractivity contribution in [2.75, 3.05) is 0 Å². The molecular weight excluding hydrogens is 402 g/mol. The number of hydrogen-bond donors (Lipinski definition) is 0. The molecule has 0 N–H and O–H groups in total. The Labute approximate surface area is 176 Å². The van der Waals surface area contributed by atoms with E-state index in [1.165, 1.54) is 43.2 Å². The molecule has 4 nitrogen and oxygen atoms in total. The van der Waals surface area contributed by atoms with E-state index in [9.17, 15) is 12.6 Å². The third-order valence-electron chi connectivity index (χ3n) is 4.61. The minimum absolute atomic E-state index is 0.0519. The van der Waals surface area contributed by atoms with Gasteiger partial charge in [0.1, 0.15) is 9.73 Å². The maximum Gasteiger partial charge on any atom is 0.290 e. The minimum atomic E-state index is -4.04. The molecule has 2 aromatic carbocycles. The van der Waals surface area contributed by atoms with Crippen molar-refractivity contribution < 1.29 is 12.6 Å². The molecule has 0 bridgehead atoms. The lowest BCUT2D eigenvalue weighted by Crippen LogP contribution is -2.04. The second-order valence-electron chi connectivity index (χ2n) is 7.17. The number of nitrogens with zero attached hydrogens (tertiary/aromatic N) is 1. The van der Waals surface area contributed by atoms with E-state index in [1.54, 1.807) is 42.5 Å². The molecule has 0 fully saturated rings. The third kappa shape index (κ3) is 7.44. The lowest BCUT2D eigenvalue weighted by molar-refractivity contribution is 0.598. The number of benzene rings is 2. The lowest BCUT2D eigenvalue weighted by atomic mass is 10.1. The van der Waals surface area contributed by atoms with Crippen LogP contribution in [0.5, 0.6) is 0 Å². The van der Waals surface area contributed by atoms with E-state index in [0.29, 0.717) is 4.90 Å². The third-order valence-corrected chi connectivity index (χ3v) is 8.66. The number of allylic oxidation sites excluding steroid dienone is 1. The van der Waals surface area contributed by atoms with E-state index < -0.39 is 19.8 Å². The Morgan fingerprint density at radius 2 is 1.41 bits per heavy atom. The Hall–Kier alpha value is -1.92. The van der Waals surface area contributed by atoms with Crippen molar-refractivity contribution in [3.05, 3.63) is 71.6 Å². The van der Waals surface area contributed by atoms with Gasteiger partial charge in [0.05, 0.1) is 9.79 Å². The fourth-order valence-corrected chi connectivity index (χ4v) is 6.54. The molecule has 6 heteroatoms. The van der Waals surface area contributed by atoms with Crippen molar-refractivity contribution in [2.45, 2.75) is 68.6 Å². The van der Waals surface area contributed by atoms with Gasteiger partial charge in [-0.3, -0.25) is 0 Å². The van der Waals surface area contributed by atoms with Crippen molar-refractivity contribution in [1.29, 1.82) is 0 Å². The summed E-state index contributed by atoms with van der Waals surface area (Å²) >= 11 is 0. The SMILES string of the molecule is CCCCCCCC/C=C/[S@@](=O)(=NS(=O)(=O)c1ccc(C)cc1)c1ccccc1. The molecule has 29 heavy (non-hydrogen) atoms. The highest BCUT2D eigenvalue weighted by Gasteiger charge is 2.18. The first-order valence-electron chi connectivity index (χ1n) is 10.2. The fourth-order valence-electron chi connectivity index (χ4n) is 2.90. The second kappa shape index (κ2) is 11.3. The zero-order chi connectivity index (χ0) is 21.2. The monoisotopic (exact) mass is 433 g/mol. The topological polar surface area (TPSA) is 63.6 Å². The predicted molar refractivity (Wildman–Crippen MR) is 121 cm³/mol. The standard InChI is InChI=1S/C23H31NO3S2/c1-3-4-5-6-7-8-9-13-20-28(25,22-14-11-10-12-15-22)24-29(26,27)23-18-16-21(2)17-19-23/h10-20H,3-9H2,1-2H3/b20-13+/t28-/m0/s1. The Kier molecular flexibility index (Phi) is 9.11. The van der Waals surface area contributed by atoms with Gasteiger partial charge >= 0.3 is 0 Å². The zero-order valence-corrected chi connectivity index (χ0v) is 18.9. The molecule has 2 aromatic rings. The molecule has 1 atom stereocenters.